The maximum atomic E-state index is 5.45. The van der Waals surface area contributed by atoms with E-state index >= 15 is 0 Å². The third-order valence-corrected chi connectivity index (χ3v) is 2.89. The molecule has 0 aliphatic carbocycles. The lowest BCUT2D eigenvalue weighted by Crippen LogP contribution is -2.34. The molecule has 0 spiro atoms. The Kier molecular flexibility index (Phi) is 8.70. The van der Waals surface area contributed by atoms with Gasteiger partial charge in [-0.1, -0.05) is 43.4 Å². The zero-order valence-corrected chi connectivity index (χ0v) is 10.4. The fraction of sp³-hybridized carbons (Fsp3) is 1.00. The van der Waals surface area contributed by atoms with Crippen LogP contribution in [0.25, 0.3) is 0 Å². The lowest BCUT2D eigenvalue weighted by Gasteiger charge is -2.13. The average Bonchev–Trinajstić information content (AvgIpc) is 2.51. The van der Waals surface area contributed by atoms with E-state index in [-0.39, 0.29) is 0 Å². The molecule has 0 amide bonds. The highest BCUT2D eigenvalue weighted by Gasteiger charge is 2.24. The van der Waals surface area contributed by atoms with Crippen molar-refractivity contribution in [3.05, 3.63) is 0 Å². The number of rotatable bonds is 3. The number of hydrogen-bond donors (Lipinski definition) is 1. The van der Waals surface area contributed by atoms with E-state index in [2.05, 4.69) is 34.8 Å². The van der Waals surface area contributed by atoms with E-state index in [1.54, 1.807) is 0 Å². The van der Waals surface area contributed by atoms with Crippen molar-refractivity contribution in [2.45, 2.75) is 43.8 Å². The fourth-order valence-electron chi connectivity index (χ4n) is 1.04. The molecule has 1 saturated heterocycles. The molecule has 3 heteroatoms. The smallest absolute Gasteiger partial charge is 0.120 e. The summed E-state index contributed by atoms with van der Waals surface area (Å²) in [5, 5.41) is 3.35. The van der Waals surface area contributed by atoms with Gasteiger partial charge in [-0.2, -0.15) is 0 Å². The Morgan fingerprint density at radius 3 is 2.58 bits per heavy atom. The Morgan fingerprint density at radius 2 is 2.17 bits per heavy atom. The van der Waals surface area contributed by atoms with E-state index in [9.17, 15) is 0 Å². The van der Waals surface area contributed by atoms with Gasteiger partial charge < -0.3 is 4.74 Å². The van der Waals surface area contributed by atoms with E-state index in [4.69, 9.17) is 4.74 Å². The maximum absolute atomic E-state index is 5.45. The summed E-state index contributed by atoms with van der Waals surface area (Å²) in [5.41, 5.74) is 0. The molecule has 1 rings (SSSR count). The van der Waals surface area contributed by atoms with Crippen molar-refractivity contribution >= 4 is 22.6 Å². The molecule has 1 fully saturated rings. The van der Waals surface area contributed by atoms with Crippen LogP contribution in [0.5, 0.6) is 0 Å². The largest absolute Gasteiger partial charge is 0.362 e. The standard InChI is InChI=1S/C7H14INO.C2H6/c1-2-4-9-7-6(8)3-5-10-7;1-2/h6-7,9H,2-5H2,1H3;1-2H3. The van der Waals surface area contributed by atoms with Crippen molar-refractivity contribution in [3.63, 3.8) is 0 Å². The summed E-state index contributed by atoms with van der Waals surface area (Å²) in [5.74, 6) is 0. The van der Waals surface area contributed by atoms with Gasteiger partial charge in [-0.25, -0.2) is 0 Å². The molecule has 2 atom stereocenters. The van der Waals surface area contributed by atoms with Crippen molar-refractivity contribution in [2.75, 3.05) is 13.2 Å². The van der Waals surface area contributed by atoms with Crippen molar-refractivity contribution in [2.24, 2.45) is 0 Å². The van der Waals surface area contributed by atoms with Crippen molar-refractivity contribution in [1.82, 2.24) is 5.32 Å². The summed E-state index contributed by atoms with van der Waals surface area (Å²) in [6.07, 6.45) is 2.70. The second-order valence-corrected chi connectivity index (χ2v) is 4.15. The van der Waals surface area contributed by atoms with Crippen molar-refractivity contribution in [3.8, 4) is 0 Å². The van der Waals surface area contributed by atoms with Crippen LogP contribution in [0.15, 0.2) is 0 Å². The number of halogens is 1. The molecule has 1 N–H and O–H groups in total. The van der Waals surface area contributed by atoms with Gasteiger partial charge in [-0.3, -0.25) is 5.32 Å². The molecule has 0 saturated carbocycles. The zero-order chi connectivity index (χ0) is 9.40. The Bertz CT molecular complexity index is 101. The lowest BCUT2D eigenvalue weighted by atomic mass is 10.3. The predicted molar refractivity (Wildman–Crippen MR) is 61.8 cm³/mol. The first-order valence-electron chi connectivity index (χ1n) is 4.83. The van der Waals surface area contributed by atoms with Crippen LogP contribution in [-0.4, -0.2) is 23.3 Å². The van der Waals surface area contributed by atoms with E-state index in [1.807, 2.05) is 13.8 Å². The highest BCUT2D eigenvalue weighted by molar-refractivity contribution is 14.1. The Balaban J connectivity index is 0.000000561. The van der Waals surface area contributed by atoms with Crippen LogP contribution < -0.4 is 5.32 Å². The molecule has 1 heterocycles. The highest BCUT2D eigenvalue weighted by Crippen LogP contribution is 2.19. The minimum Gasteiger partial charge on any atom is -0.362 e. The predicted octanol–water partition coefficient (Wildman–Crippen LogP) is 2.56. The van der Waals surface area contributed by atoms with Crippen molar-refractivity contribution < 1.29 is 4.74 Å². The monoisotopic (exact) mass is 285 g/mol. The number of ether oxygens (including phenoxy) is 1. The Labute approximate surface area is 89.6 Å². The summed E-state index contributed by atoms with van der Waals surface area (Å²) in [4.78, 5) is 0. The van der Waals surface area contributed by atoms with Gasteiger partial charge in [0.25, 0.3) is 0 Å². The van der Waals surface area contributed by atoms with Crippen LogP contribution in [-0.2, 0) is 4.74 Å². The molecule has 0 aromatic rings. The molecule has 0 aromatic heterocycles. The molecule has 2 nitrogen and oxygen atoms in total. The zero-order valence-electron chi connectivity index (χ0n) is 8.27. The Morgan fingerprint density at radius 1 is 1.50 bits per heavy atom. The first-order valence-corrected chi connectivity index (χ1v) is 6.08. The quantitative estimate of drug-likeness (QED) is 0.635. The minimum absolute atomic E-state index is 0.320. The Hall–Kier alpha value is 0.650. The highest BCUT2D eigenvalue weighted by atomic mass is 127. The molecule has 1 aliphatic rings. The minimum atomic E-state index is 0.320. The van der Waals surface area contributed by atoms with E-state index < -0.39 is 0 Å². The van der Waals surface area contributed by atoms with Gasteiger partial charge in [-0.05, 0) is 19.4 Å². The van der Waals surface area contributed by atoms with Gasteiger partial charge in [0.15, 0.2) is 0 Å². The van der Waals surface area contributed by atoms with E-state index in [1.165, 1.54) is 12.8 Å². The number of nitrogens with one attached hydrogen (secondary N) is 1. The molecular formula is C9H20INO. The normalized spacial score (nSPS) is 28.0. The number of hydrogen-bond acceptors (Lipinski definition) is 2. The van der Waals surface area contributed by atoms with E-state index in [0.717, 1.165) is 13.2 Å². The van der Waals surface area contributed by atoms with Crippen LogP contribution >= 0.6 is 22.6 Å². The van der Waals surface area contributed by atoms with Crippen molar-refractivity contribution in [1.29, 1.82) is 0 Å². The lowest BCUT2D eigenvalue weighted by molar-refractivity contribution is 0.0883. The third kappa shape index (κ3) is 4.62. The van der Waals surface area contributed by atoms with Gasteiger partial charge >= 0.3 is 0 Å². The van der Waals surface area contributed by atoms with Crippen LogP contribution in [0, 0.1) is 0 Å². The third-order valence-electron chi connectivity index (χ3n) is 1.62. The summed E-state index contributed by atoms with van der Waals surface area (Å²) < 4.78 is 6.12. The summed E-state index contributed by atoms with van der Waals surface area (Å²) >= 11 is 2.45. The van der Waals surface area contributed by atoms with Gasteiger partial charge in [0.05, 0.1) is 3.92 Å². The molecule has 2 unspecified atom stereocenters. The van der Waals surface area contributed by atoms with E-state index in [0.29, 0.717) is 10.2 Å². The van der Waals surface area contributed by atoms with Gasteiger partial charge in [0.1, 0.15) is 6.23 Å². The molecule has 74 valence electrons. The molecule has 0 bridgehead atoms. The second-order valence-electron chi connectivity index (χ2n) is 2.55. The van der Waals surface area contributed by atoms with Crippen LogP contribution in [0.4, 0.5) is 0 Å². The summed E-state index contributed by atoms with van der Waals surface area (Å²) in [6.45, 7) is 8.17. The van der Waals surface area contributed by atoms with Crippen LogP contribution in [0.3, 0.4) is 0 Å². The molecule has 0 aromatic carbocycles. The second kappa shape index (κ2) is 8.26. The average molecular weight is 285 g/mol. The first kappa shape index (κ1) is 12.7. The van der Waals surface area contributed by atoms with Gasteiger partial charge in [0.2, 0.25) is 0 Å². The topological polar surface area (TPSA) is 21.3 Å². The van der Waals surface area contributed by atoms with Gasteiger partial charge in [0, 0.05) is 6.61 Å². The first-order chi connectivity index (χ1) is 5.84. The molecule has 12 heavy (non-hydrogen) atoms. The van der Waals surface area contributed by atoms with Crippen LogP contribution in [0.2, 0.25) is 0 Å². The maximum Gasteiger partial charge on any atom is 0.120 e. The SMILES string of the molecule is CC.CCCNC1OCCC1I. The molecule has 1 aliphatic heterocycles. The summed E-state index contributed by atoms with van der Waals surface area (Å²) in [6, 6.07) is 0. The molecule has 0 radical (unpaired) electrons. The fourth-order valence-corrected chi connectivity index (χ4v) is 1.75. The molecular weight excluding hydrogens is 265 g/mol. The number of alkyl halides is 1. The van der Waals surface area contributed by atoms with Gasteiger partial charge in [-0.15, -0.1) is 0 Å². The van der Waals surface area contributed by atoms with Crippen LogP contribution in [0.1, 0.15) is 33.6 Å². The summed E-state index contributed by atoms with van der Waals surface area (Å²) in [7, 11) is 0.